The highest BCUT2D eigenvalue weighted by Gasteiger charge is 2.22. The van der Waals surface area contributed by atoms with Gasteiger partial charge in [0.25, 0.3) is 0 Å². The Morgan fingerprint density at radius 1 is 1.06 bits per heavy atom. The molecular weight excluding hydrogens is 246 g/mol. The molecule has 1 heterocycles. The summed E-state index contributed by atoms with van der Waals surface area (Å²) in [5.74, 6) is 2.18. The molecule has 0 fully saturated rings. The van der Waals surface area contributed by atoms with E-state index in [0.717, 1.165) is 18.1 Å². The van der Waals surface area contributed by atoms with Gasteiger partial charge in [0.15, 0.2) is 0 Å². The molecule has 2 aromatic rings. The lowest BCUT2D eigenvalue weighted by Gasteiger charge is -2.24. The predicted molar refractivity (Wildman–Crippen MR) is 73.8 cm³/mol. The first kappa shape index (κ1) is 13.1. The first-order chi connectivity index (χ1) is 8.52. The quantitative estimate of drug-likeness (QED) is 0.795. The van der Waals surface area contributed by atoms with Crippen LogP contribution in [0, 0.1) is 0 Å². The molecule has 2 rings (SSSR count). The number of rotatable bonds is 3. The second-order valence-corrected chi connectivity index (χ2v) is 5.60. The van der Waals surface area contributed by atoms with Crippen molar-refractivity contribution in [1.82, 2.24) is 14.8 Å². The van der Waals surface area contributed by atoms with Crippen LogP contribution in [0.2, 0.25) is 0 Å². The lowest BCUT2D eigenvalue weighted by molar-refractivity contribution is 0.375. The van der Waals surface area contributed by atoms with Gasteiger partial charge in [-0.15, -0.1) is 21.8 Å². The van der Waals surface area contributed by atoms with Gasteiger partial charge in [0, 0.05) is 12.0 Å². The summed E-state index contributed by atoms with van der Waals surface area (Å²) in [7, 11) is 0. The molecule has 96 valence electrons. The predicted octanol–water partition coefficient (Wildman–Crippen LogP) is 3.36. The largest absolute Gasteiger partial charge is 0.308 e. The molecule has 0 bridgehead atoms. The zero-order chi connectivity index (χ0) is 13.2. The molecule has 0 saturated heterocycles. The Morgan fingerprint density at radius 3 is 2.22 bits per heavy atom. The summed E-state index contributed by atoms with van der Waals surface area (Å²) in [5.41, 5.74) is 1.18. The van der Waals surface area contributed by atoms with Gasteiger partial charge >= 0.3 is 0 Å². The minimum Gasteiger partial charge on any atom is -0.308 e. The number of alkyl halides is 1. The summed E-state index contributed by atoms with van der Waals surface area (Å²) in [5, 5.41) is 8.46. The fourth-order valence-electron chi connectivity index (χ4n) is 2.11. The van der Waals surface area contributed by atoms with Crippen LogP contribution in [0.5, 0.6) is 0 Å². The molecule has 0 amide bonds. The Hall–Kier alpha value is -1.35. The smallest absolute Gasteiger partial charge is 0.148 e. The van der Waals surface area contributed by atoms with Gasteiger partial charge in [-0.3, -0.25) is 0 Å². The first-order valence-electron chi connectivity index (χ1n) is 6.06. The Kier molecular flexibility index (Phi) is 3.71. The SMILES string of the molecule is CC(C)(C)n1c(CCl)nnc1Cc1ccccc1. The standard InChI is InChI=1S/C14H18ClN3/c1-14(2,3)18-12(16-17-13(18)10-15)9-11-7-5-4-6-8-11/h4-8H,9-10H2,1-3H3. The van der Waals surface area contributed by atoms with Crippen molar-refractivity contribution in [1.29, 1.82) is 0 Å². The van der Waals surface area contributed by atoms with Crippen LogP contribution in [-0.4, -0.2) is 14.8 Å². The third-order valence-electron chi connectivity index (χ3n) is 2.79. The molecular formula is C14H18ClN3. The normalized spacial score (nSPS) is 11.8. The van der Waals surface area contributed by atoms with E-state index in [9.17, 15) is 0 Å². The van der Waals surface area contributed by atoms with E-state index in [-0.39, 0.29) is 5.54 Å². The van der Waals surface area contributed by atoms with Gasteiger partial charge in [0.05, 0.1) is 5.88 Å². The molecule has 0 saturated carbocycles. The Balaban J connectivity index is 2.37. The summed E-state index contributed by atoms with van der Waals surface area (Å²) in [6.45, 7) is 6.42. The number of hydrogen-bond donors (Lipinski definition) is 0. The van der Waals surface area contributed by atoms with Gasteiger partial charge < -0.3 is 4.57 Å². The maximum absolute atomic E-state index is 5.93. The maximum Gasteiger partial charge on any atom is 0.148 e. The summed E-state index contributed by atoms with van der Waals surface area (Å²) >= 11 is 5.93. The fourth-order valence-corrected chi connectivity index (χ4v) is 2.28. The molecule has 1 aromatic carbocycles. The van der Waals surface area contributed by atoms with Gasteiger partial charge in [0.2, 0.25) is 0 Å². The van der Waals surface area contributed by atoms with Gasteiger partial charge in [-0.05, 0) is 26.3 Å². The minimum atomic E-state index is -0.0577. The molecule has 3 nitrogen and oxygen atoms in total. The average molecular weight is 264 g/mol. The molecule has 0 aliphatic heterocycles. The van der Waals surface area contributed by atoms with Gasteiger partial charge in [-0.2, -0.15) is 0 Å². The summed E-state index contributed by atoms with van der Waals surface area (Å²) < 4.78 is 2.13. The summed E-state index contributed by atoms with van der Waals surface area (Å²) in [6.07, 6.45) is 0.780. The van der Waals surface area contributed by atoms with E-state index in [4.69, 9.17) is 11.6 Å². The molecule has 0 aliphatic carbocycles. The molecule has 0 unspecified atom stereocenters. The number of halogens is 1. The van der Waals surface area contributed by atoms with Crippen LogP contribution >= 0.6 is 11.6 Å². The van der Waals surface area contributed by atoms with E-state index in [0.29, 0.717) is 5.88 Å². The van der Waals surface area contributed by atoms with Crippen LogP contribution in [0.4, 0.5) is 0 Å². The van der Waals surface area contributed by atoms with E-state index in [1.54, 1.807) is 0 Å². The van der Waals surface area contributed by atoms with Crippen LogP contribution in [0.15, 0.2) is 30.3 Å². The first-order valence-corrected chi connectivity index (χ1v) is 6.59. The maximum atomic E-state index is 5.93. The molecule has 0 N–H and O–H groups in total. The topological polar surface area (TPSA) is 30.7 Å². The third kappa shape index (κ3) is 2.72. The second-order valence-electron chi connectivity index (χ2n) is 5.33. The van der Waals surface area contributed by atoms with Crippen LogP contribution in [-0.2, 0) is 17.8 Å². The summed E-state index contributed by atoms with van der Waals surface area (Å²) in [6, 6.07) is 10.3. The van der Waals surface area contributed by atoms with Gasteiger partial charge in [0.1, 0.15) is 11.6 Å². The fraction of sp³-hybridized carbons (Fsp3) is 0.429. The second kappa shape index (κ2) is 5.11. The number of hydrogen-bond acceptors (Lipinski definition) is 2. The van der Waals surface area contributed by atoms with E-state index >= 15 is 0 Å². The third-order valence-corrected chi connectivity index (χ3v) is 3.03. The van der Waals surface area contributed by atoms with E-state index in [1.807, 2.05) is 18.2 Å². The van der Waals surface area contributed by atoms with Crippen molar-refractivity contribution in [3.63, 3.8) is 0 Å². The molecule has 1 aromatic heterocycles. The zero-order valence-electron chi connectivity index (χ0n) is 11.0. The molecule has 0 spiro atoms. The van der Waals surface area contributed by atoms with Crippen molar-refractivity contribution in [2.45, 2.75) is 38.6 Å². The van der Waals surface area contributed by atoms with Crippen molar-refractivity contribution in [3.8, 4) is 0 Å². The van der Waals surface area contributed by atoms with E-state index in [2.05, 4.69) is 47.7 Å². The molecule has 18 heavy (non-hydrogen) atoms. The Labute approximate surface area is 113 Å². The van der Waals surface area contributed by atoms with Gasteiger partial charge in [-0.25, -0.2) is 0 Å². The monoisotopic (exact) mass is 263 g/mol. The van der Waals surface area contributed by atoms with E-state index < -0.39 is 0 Å². The van der Waals surface area contributed by atoms with Crippen LogP contribution in [0.1, 0.15) is 38.0 Å². The number of nitrogens with zero attached hydrogens (tertiary/aromatic N) is 3. The van der Waals surface area contributed by atoms with Crippen molar-refractivity contribution in [3.05, 3.63) is 47.5 Å². The van der Waals surface area contributed by atoms with Gasteiger partial charge in [-0.1, -0.05) is 30.3 Å². The lowest BCUT2D eigenvalue weighted by Crippen LogP contribution is -2.26. The lowest BCUT2D eigenvalue weighted by atomic mass is 10.1. The molecule has 0 atom stereocenters. The van der Waals surface area contributed by atoms with Crippen molar-refractivity contribution >= 4 is 11.6 Å². The molecule has 0 aliphatic rings. The molecule has 0 radical (unpaired) electrons. The van der Waals surface area contributed by atoms with Crippen molar-refractivity contribution < 1.29 is 0 Å². The number of aromatic nitrogens is 3. The summed E-state index contributed by atoms with van der Waals surface area (Å²) in [4.78, 5) is 0. The highest BCUT2D eigenvalue weighted by molar-refractivity contribution is 6.16. The highest BCUT2D eigenvalue weighted by Crippen LogP contribution is 2.21. The van der Waals surface area contributed by atoms with Crippen LogP contribution in [0.3, 0.4) is 0 Å². The van der Waals surface area contributed by atoms with Crippen LogP contribution in [0.25, 0.3) is 0 Å². The number of benzene rings is 1. The van der Waals surface area contributed by atoms with Crippen LogP contribution < -0.4 is 0 Å². The highest BCUT2D eigenvalue weighted by atomic mass is 35.5. The van der Waals surface area contributed by atoms with Crippen molar-refractivity contribution in [2.24, 2.45) is 0 Å². The zero-order valence-corrected chi connectivity index (χ0v) is 11.8. The van der Waals surface area contributed by atoms with Crippen molar-refractivity contribution in [2.75, 3.05) is 0 Å². The Morgan fingerprint density at radius 2 is 1.67 bits per heavy atom. The van der Waals surface area contributed by atoms with E-state index in [1.165, 1.54) is 5.56 Å². The minimum absolute atomic E-state index is 0.0577. The average Bonchev–Trinajstić information content (AvgIpc) is 2.73. The molecule has 4 heteroatoms. The Bertz CT molecular complexity index is 512.